The Hall–Kier alpha value is -2.90. The second-order valence-corrected chi connectivity index (χ2v) is 8.65. The third-order valence-electron chi connectivity index (χ3n) is 5.62. The lowest BCUT2D eigenvalue weighted by atomic mass is 10.00. The van der Waals surface area contributed by atoms with Crippen LogP contribution in [0, 0.1) is 6.92 Å². The Bertz CT molecular complexity index is 1140. The quantitative estimate of drug-likeness (QED) is 0.627. The monoisotopic (exact) mass is 436 g/mol. The number of nitrogens with one attached hydrogen (secondary N) is 2. The molecule has 160 valence electrons. The molecule has 31 heavy (non-hydrogen) atoms. The molecule has 3 heterocycles. The van der Waals surface area contributed by atoms with E-state index in [-0.39, 0.29) is 12.0 Å². The number of anilines is 2. The van der Waals surface area contributed by atoms with Crippen LogP contribution in [0.15, 0.2) is 41.6 Å². The lowest BCUT2D eigenvalue weighted by Gasteiger charge is -2.18. The molecule has 0 spiro atoms. The average molecular weight is 437 g/mol. The van der Waals surface area contributed by atoms with Gasteiger partial charge < -0.3 is 15.4 Å². The zero-order chi connectivity index (χ0) is 21.4. The molecule has 1 unspecified atom stereocenters. The lowest BCUT2D eigenvalue weighted by Crippen LogP contribution is -2.20. The van der Waals surface area contributed by atoms with Gasteiger partial charge in [0.05, 0.1) is 10.5 Å². The number of aryl methyl sites for hydroxylation is 1. The van der Waals surface area contributed by atoms with Gasteiger partial charge in [0.25, 0.3) is 0 Å². The highest BCUT2D eigenvalue weighted by Crippen LogP contribution is 2.31. The number of ether oxygens (including phenoxy) is 1. The van der Waals surface area contributed by atoms with Crippen molar-refractivity contribution in [3.8, 4) is 5.75 Å². The fraction of sp³-hybridized carbons (Fsp3) is 0.348. The third kappa shape index (κ3) is 4.43. The molecule has 2 aliphatic rings. The second-order valence-electron chi connectivity index (χ2n) is 8.24. The van der Waals surface area contributed by atoms with E-state index in [1.807, 2.05) is 43.4 Å². The smallest absolute Gasteiger partial charge is 0.227 e. The molecule has 1 fully saturated rings. The van der Waals surface area contributed by atoms with Gasteiger partial charge >= 0.3 is 0 Å². The predicted octanol–water partition coefficient (Wildman–Crippen LogP) is 4.09. The van der Waals surface area contributed by atoms with E-state index in [9.17, 15) is 0 Å². The van der Waals surface area contributed by atoms with Crippen molar-refractivity contribution >= 4 is 40.4 Å². The van der Waals surface area contributed by atoms with Gasteiger partial charge in [0, 0.05) is 55.6 Å². The minimum atomic E-state index is 0.182. The van der Waals surface area contributed by atoms with Gasteiger partial charge in [-0.05, 0) is 55.3 Å². The van der Waals surface area contributed by atoms with Crippen LogP contribution < -0.4 is 15.4 Å². The van der Waals surface area contributed by atoms with Crippen LogP contribution in [0.1, 0.15) is 23.5 Å². The van der Waals surface area contributed by atoms with E-state index >= 15 is 0 Å². The first kappa shape index (κ1) is 20.0. The van der Waals surface area contributed by atoms with Crippen molar-refractivity contribution in [2.45, 2.75) is 25.4 Å². The van der Waals surface area contributed by atoms with E-state index in [1.165, 1.54) is 0 Å². The fourth-order valence-electron chi connectivity index (χ4n) is 4.09. The van der Waals surface area contributed by atoms with E-state index in [0.717, 1.165) is 59.5 Å². The summed E-state index contributed by atoms with van der Waals surface area (Å²) >= 11 is 6.42. The number of hydrazone groups is 1. The first-order valence-electron chi connectivity index (χ1n) is 10.5. The largest absolute Gasteiger partial charge is 0.489 e. The molecule has 2 aliphatic heterocycles. The van der Waals surface area contributed by atoms with Crippen LogP contribution in [0.3, 0.4) is 0 Å². The maximum atomic E-state index is 6.42. The van der Waals surface area contributed by atoms with Crippen molar-refractivity contribution in [1.29, 1.82) is 0 Å². The summed E-state index contributed by atoms with van der Waals surface area (Å²) in [5, 5.41) is 14.6. The maximum Gasteiger partial charge on any atom is 0.227 e. The molecule has 1 aromatic heterocycles. The minimum absolute atomic E-state index is 0.182. The van der Waals surface area contributed by atoms with E-state index < -0.39 is 0 Å². The summed E-state index contributed by atoms with van der Waals surface area (Å²) in [4.78, 5) is 9.13. The predicted molar refractivity (Wildman–Crippen MR) is 125 cm³/mol. The number of hydrogen-bond acceptors (Lipinski definition) is 7. The Kier molecular flexibility index (Phi) is 5.38. The first-order chi connectivity index (χ1) is 15.0. The van der Waals surface area contributed by atoms with Crippen LogP contribution in [0.4, 0.5) is 11.6 Å². The lowest BCUT2D eigenvalue weighted by molar-refractivity contribution is 0.223. The molecular formula is C23H25ClN6O. The minimum Gasteiger partial charge on any atom is -0.489 e. The van der Waals surface area contributed by atoms with Crippen LogP contribution >= 0.6 is 11.6 Å². The zero-order valence-electron chi connectivity index (χ0n) is 17.6. The van der Waals surface area contributed by atoms with E-state index in [0.29, 0.717) is 11.0 Å². The molecule has 0 bridgehead atoms. The van der Waals surface area contributed by atoms with Crippen molar-refractivity contribution < 1.29 is 4.74 Å². The SMILES string of the molecule is Cc1cc(Cl)c2nc(Nc3cc(O[C@H]4CCNC4)cc(C4C=NN(C)C4)c3)ncc2c1. The molecule has 5 rings (SSSR count). The van der Waals surface area contributed by atoms with Gasteiger partial charge in [-0.3, -0.25) is 5.01 Å². The summed E-state index contributed by atoms with van der Waals surface area (Å²) in [6, 6.07) is 10.2. The molecule has 0 saturated carbocycles. The molecule has 8 heteroatoms. The first-order valence-corrected chi connectivity index (χ1v) is 10.9. The van der Waals surface area contributed by atoms with Gasteiger partial charge in [0.15, 0.2) is 0 Å². The van der Waals surface area contributed by atoms with Crippen molar-refractivity contribution in [1.82, 2.24) is 20.3 Å². The van der Waals surface area contributed by atoms with Crippen molar-refractivity contribution in [3.63, 3.8) is 0 Å². The maximum absolute atomic E-state index is 6.42. The zero-order valence-corrected chi connectivity index (χ0v) is 18.4. The summed E-state index contributed by atoms with van der Waals surface area (Å²) < 4.78 is 6.26. The Balaban J connectivity index is 1.47. The van der Waals surface area contributed by atoms with Gasteiger partial charge in [-0.2, -0.15) is 5.10 Å². The van der Waals surface area contributed by atoms with Crippen LogP contribution in [-0.2, 0) is 0 Å². The van der Waals surface area contributed by atoms with Crippen LogP contribution in [0.2, 0.25) is 5.02 Å². The Morgan fingerprint density at radius 2 is 2.13 bits per heavy atom. The summed E-state index contributed by atoms with van der Waals surface area (Å²) in [5.41, 5.74) is 3.84. The number of rotatable bonds is 5. The number of aromatic nitrogens is 2. The second kappa shape index (κ2) is 8.32. The van der Waals surface area contributed by atoms with E-state index in [2.05, 4.69) is 37.8 Å². The van der Waals surface area contributed by atoms with E-state index in [1.54, 1.807) is 6.20 Å². The number of likely N-dealkylation sites (N-methyl/N-ethyl adjacent to an activating group) is 1. The Labute approximate surface area is 186 Å². The summed E-state index contributed by atoms with van der Waals surface area (Å²) in [5.74, 6) is 1.55. The molecule has 0 aliphatic carbocycles. The summed E-state index contributed by atoms with van der Waals surface area (Å²) in [6.07, 6.45) is 4.97. The van der Waals surface area contributed by atoms with E-state index in [4.69, 9.17) is 16.3 Å². The normalized spacial score (nSPS) is 20.5. The van der Waals surface area contributed by atoms with Gasteiger partial charge in [-0.25, -0.2) is 9.97 Å². The Morgan fingerprint density at radius 3 is 2.90 bits per heavy atom. The number of nitrogens with zero attached hydrogens (tertiary/aromatic N) is 4. The Morgan fingerprint density at radius 1 is 1.23 bits per heavy atom. The molecule has 2 atom stereocenters. The molecule has 2 N–H and O–H groups in total. The molecule has 0 amide bonds. The van der Waals surface area contributed by atoms with Crippen LogP contribution in [0.25, 0.3) is 10.9 Å². The number of hydrogen-bond donors (Lipinski definition) is 2. The molecular weight excluding hydrogens is 412 g/mol. The third-order valence-corrected chi connectivity index (χ3v) is 5.90. The summed E-state index contributed by atoms with van der Waals surface area (Å²) in [6.45, 7) is 4.70. The number of halogens is 1. The number of fused-ring (bicyclic) bond motifs is 1. The van der Waals surface area contributed by atoms with Crippen LogP contribution in [0.5, 0.6) is 5.75 Å². The highest BCUT2D eigenvalue weighted by Gasteiger charge is 2.21. The van der Waals surface area contributed by atoms with Gasteiger partial charge in [0.2, 0.25) is 5.95 Å². The van der Waals surface area contributed by atoms with Crippen molar-refractivity contribution in [3.05, 3.63) is 52.7 Å². The molecule has 0 radical (unpaired) electrons. The molecule has 3 aromatic rings. The molecule has 1 saturated heterocycles. The topological polar surface area (TPSA) is 74.7 Å². The highest BCUT2D eigenvalue weighted by molar-refractivity contribution is 6.35. The standard InChI is InChI=1S/C23H25ClN6O/c1-14-5-16-10-26-23(29-22(16)21(24)6-14)28-18-7-15(17-11-27-30(2)13-17)8-20(9-18)31-19-3-4-25-12-19/h5-11,17,19,25H,3-4,12-13H2,1-2H3,(H,26,28,29)/t17?,19-/m0/s1. The number of benzene rings is 2. The highest BCUT2D eigenvalue weighted by atomic mass is 35.5. The van der Waals surface area contributed by atoms with Gasteiger partial charge in [-0.1, -0.05) is 11.6 Å². The van der Waals surface area contributed by atoms with Gasteiger partial charge in [-0.15, -0.1) is 0 Å². The van der Waals surface area contributed by atoms with Gasteiger partial charge in [0.1, 0.15) is 11.9 Å². The van der Waals surface area contributed by atoms with Crippen LogP contribution in [-0.4, -0.2) is 54.0 Å². The molecule has 7 nitrogen and oxygen atoms in total. The summed E-state index contributed by atoms with van der Waals surface area (Å²) in [7, 11) is 1.98. The fourth-order valence-corrected chi connectivity index (χ4v) is 4.42. The van der Waals surface area contributed by atoms with Crippen molar-refractivity contribution in [2.24, 2.45) is 5.10 Å². The van der Waals surface area contributed by atoms with Crippen molar-refractivity contribution in [2.75, 3.05) is 32.0 Å². The molecule has 2 aromatic carbocycles. The average Bonchev–Trinajstić information content (AvgIpc) is 3.40.